The number of hydrogen-bond acceptors (Lipinski definition) is 6. The Hall–Kier alpha value is -3.44. The molecular weight excluding hydrogens is 612 g/mol. The van der Waals surface area contributed by atoms with E-state index in [0.29, 0.717) is 41.9 Å². The summed E-state index contributed by atoms with van der Waals surface area (Å²) in [4.78, 5) is 11.1. The first-order valence-electron chi connectivity index (χ1n) is 15.1. The van der Waals surface area contributed by atoms with Crippen LogP contribution in [0.1, 0.15) is 73.8 Å². The lowest BCUT2D eigenvalue weighted by molar-refractivity contribution is -0.138. The number of benzene rings is 3. The van der Waals surface area contributed by atoms with Crippen LogP contribution in [0.5, 0.6) is 17.2 Å². The number of rotatable bonds is 8. The number of carbonyl (C=O) groups is 1. The van der Waals surface area contributed by atoms with Crippen molar-refractivity contribution in [3.8, 4) is 28.4 Å². The minimum absolute atomic E-state index is 0.0200. The maximum absolute atomic E-state index is 15.5. The molecule has 6 nitrogen and oxygen atoms in total. The van der Waals surface area contributed by atoms with Gasteiger partial charge in [-0.05, 0) is 72.6 Å². The largest absolute Gasteiger partial charge is 0.492 e. The van der Waals surface area contributed by atoms with E-state index in [1.165, 1.54) is 18.2 Å². The summed E-state index contributed by atoms with van der Waals surface area (Å²) in [5.41, 5.74) is -0.634. The highest BCUT2D eigenvalue weighted by Crippen LogP contribution is 2.48. The third kappa shape index (κ3) is 7.19. The van der Waals surface area contributed by atoms with E-state index < -0.39 is 35.2 Å². The van der Waals surface area contributed by atoms with Crippen molar-refractivity contribution in [1.29, 1.82) is 0 Å². The first-order chi connectivity index (χ1) is 21.5. The highest BCUT2D eigenvalue weighted by atomic mass is 32.2. The zero-order valence-corrected chi connectivity index (χ0v) is 25.9. The standard InChI is InChI=1S/C32H30F4O6S.C2H6/c33-26-14-19(41-17-31(39)9-11-43-12-10-31)1-4-24(26)30-23-6-8-27(22(23)5-7-25(30)32(34,35)36)42-20-2-3-21-18(13-29(37)38)16-40-28(21)15-20;1-2/h1-5,7,14-15,18,27,39H,6,8-13,16-17H2,(H,37,38);1-2H3. The minimum Gasteiger partial charge on any atom is -0.492 e. The molecule has 0 aromatic heterocycles. The molecule has 0 amide bonds. The normalized spacial score (nSPS) is 19.9. The van der Waals surface area contributed by atoms with E-state index in [0.717, 1.165) is 29.2 Å². The van der Waals surface area contributed by atoms with E-state index >= 15 is 4.39 Å². The number of aliphatic carboxylic acids is 1. The fourth-order valence-corrected chi connectivity index (χ4v) is 7.36. The van der Waals surface area contributed by atoms with Crippen LogP contribution in [0.4, 0.5) is 17.6 Å². The van der Waals surface area contributed by atoms with Crippen LogP contribution in [-0.2, 0) is 17.4 Å². The van der Waals surface area contributed by atoms with Crippen LogP contribution in [-0.4, -0.2) is 46.5 Å². The Morgan fingerprint density at radius 1 is 1.04 bits per heavy atom. The van der Waals surface area contributed by atoms with Gasteiger partial charge in [0.2, 0.25) is 0 Å². The van der Waals surface area contributed by atoms with E-state index in [1.54, 1.807) is 30.0 Å². The van der Waals surface area contributed by atoms with Gasteiger partial charge in [-0.2, -0.15) is 24.9 Å². The highest BCUT2D eigenvalue weighted by Gasteiger charge is 2.39. The molecule has 2 unspecified atom stereocenters. The number of carboxylic acids is 1. The zero-order valence-electron chi connectivity index (χ0n) is 25.1. The molecule has 0 radical (unpaired) electrons. The summed E-state index contributed by atoms with van der Waals surface area (Å²) in [7, 11) is 0. The molecular formula is C34H36F4O6S. The predicted molar refractivity (Wildman–Crippen MR) is 164 cm³/mol. The second-order valence-electron chi connectivity index (χ2n) is 11.3. The maximum Gasteiger partial charge on any atom is 0.417 e. The van der Waals surface area contributed by atoms with Crippen molar-refractivity contribution in [3.63, 3.8) is 0 Å². The van der Waals surface area contributed by atoms with Gasteiger partial charge in [0.05, 0.1) is 18.6 Å². The Kier molecular flexibility index (Phi) is 9.88. The summed E-state index contributed by atoms with van der Waals surface area (Å²) in [5, 5.41) is 19.8. The number of thioether (sulfide) groups is 1. The Balaban J connectivity index is 0.00000196. The Morgan fingerprint density at radius 3 is 2.44 bits per heavy atom. The van der Waals surface area contributed by atoms with Gasteiger partial charge in [-0.1, -0.05) is 26.0 Å². The zero-order chi connectivity index (χ0) is 32.4. The number of ether oxygens (including phenoxy) is 3. The van der Waals surface area contributed by atoms with E-state index in [9.17, 15) is 23.1 Å². The van der Waals surface area contributed by atoms with E-state index in [4.69, 9.17) is 19.3 Å². The molecule has 0 saturated carbocycles. The number of fused-ring (bicyclic) bond motifs is 2. The quantitative estimate of drug-likeness (QED) is 0.238. The summed E-state index contributed by atoms with van der Waals surface area (Å²) in [6, 6.07) is 11.3. The second-order valence-corrected chi connectivity index (χ2v) is 12.5. The Labute approximate surface area is 263 Å². The molecule has 0 bridgehead atoms. The molecule has 6 rings (SSSR count). The lowest BCUT2D eigenvalue weighted by Gasteiger charge is -2.31. The lowest BCUT2D eigenvalue weighted by atomic mass is 9.91. The second kappa shape index (κ2) is 13.5. The molecule has 1 saturated heterocycles. The third-order valence-electron chi connectivity index (χ3n) is 8.36. The van der Waals surface area contributed by atoms with E-state index in [-0.39, 0.29) is 48.8 Å². The van der Waals surface area contributed by atoms with Crippen molar-refractivity contribution >= 4 is 17.7 Å². The van der Waals surface area contributed by atoms with Gasteiger partial charge in [-0.15, -0.1) is 0 Å². The van der Waals surface area contributed by atoms with Crippen molar-refractivity contribution in [2.24, 2.45) is 0 Å². The van der Waals surface area contributed by atoms with Crippen LogP contribution < -0.4 is 14.2 Å². The topological polar surface area (TPSA) is 85.2 Å². The number of aliphatic hydroxyl groups is 1. The molecule has 2 N–H and O–H groups in total. The van der Waals surface area contributed by atoms with Crippen LogP contribution in [0.3, 0.4) is 0 Å². The highest BCUT2D eigenvalue weighted by molar-refractivity contribution is 7.99. The summed E-state index contributed by atoms with van der Waals surface area (Å²) in [5.74, 6) is 0.663. The number of carboxylic acid groups (broad SMARTS) is 1. The molecule has 3 aliphatic rings. The molecule has 2 heterocycles. The van der Waals surface area contributed by atoms with Crippen LogP contribution >= 0.6 is 11.8 Å². The molecule has 45 heavy (non-hydrogen) atoms. The maximum atomic E-state index is 15.5. The van der Waals surface area contributed by atoms with Crippen molar-refractivity contribution in [3.05, 3.63) is 76.6 Å². The summed E-state index contributed by atoms with van der Waals surface area (Å²) >= 11 is 1.74. The monoisotopic (exact) mass is 648 g/mol. The van der Waals surface area contributed by atoms with Crippen LogP contribution in [0.25, 0.3) is 11.1 Å². The van der Waals surface area contributed by atoms with Gasteiger partial charge in [0.25, 0.3) is 0 Å². The third-order valence-corrected chi connectivity index (χ3v) is 9.35. The Morgan fingerprint density at radius 2 is 1.76 bits per heavy atom. The molecule has 242 valence electrons. The van der Waals surface area contributed by atoms with Crippen molar-refractivity contribution in [2.75, 3.05) is 24.7 Å². The first kappa shape index (κ1) is 32.9. The fraction of sp³-hybridized carbons (Fsp3) is 0.441. The molecule has 1 aliphatic carbocycles. The summed E-state index contributed by atoms with van der Waals surface area (Å²) in [6.07, 6.45) is -3.58. The summed E-state index contributed by atoms with van der Waals surface area (Å²) in [6.45, 7) is 4.23. The average Bonchev–Trinajstić information content (AvgIpc) is 3.60. The molecule has 1 fully saturated rings. The number of halogens is 4. The fourth-order valence-electron chi connectivity index (χ4n) is 6.11. The minimum atomic E-state index is -4.71. The lowest BCUT2D eigenvalue weighted by Crippen LogP contribution is -2.39. The molecule has 3 aromatic carbocycles. The van der Waals surface area contributed by atoms with Gasteiger partial charge in [-0.3, -0.25) is 4.79 Å². The van der Waals surface area contributed by atoms with E-state index in [2.05, 4.69) is 0 Å². The van der Waals surface area contributed by atoms with E-state index in [1.807, 2.05) is 13.8 Å². The van der Waals surface area contributed by atoms with Gasteiger partial charge < -0.3 is 24.4 Å². The Bertz CT molecular complexity index is 1540. The molecule has 11 heteroatoms. The van der Waals surface area contributed by atoms with Gasteiger partial charge in [0.1, 0.15) is 41.4 Å². The summed E-state index contributed by atoms with van der Waals surface area (Å²) < 4.78 is 75.7. The van der Waals surface area contributed by atoms with Crippen molar-refractivity contribution in [1.82, 2.24) is 0 Å². The average molecular weight is 649 g/mol. The molecule has 0 spiro atoms. The van der Waals surface area contributed by atoms with Crippen LogP contribution in [0.2, 0.25) is 0 Å². The number of hydrogen-bond donors (Lipinski definition) is 2. The van der Waals surface area contributed by atoms with Crippen molar-refractivity contribution < 1.29 is 46.8 Å². The van der Waals surface area contributed by atoms with Crippen LogP contribution in [0.15, 0.2) is 48.5 Å². The van der Waals surface area contributed by atoms with Gasteiger partial charge >= 0.3 is 12.1 Å². The van der Waals surface area contributed by atoms with Gasteiger partial charge in [0.15, 0.2) is 0 Å². The molecule has 2 aliphatic heterocycles. The van der Waals surface area contributed by atoms with Gasteiger partial charge in [-0.25, -0.2) is 4.39 Å². The molecule has 3 aromatic rings. The first-order valence-corrected chi connectivity index (χ1v) is 16.3. The SMILES string of the molecule is CC.O=C(O)CC1COc2cc(OC3CCc4c3ccc(C(F)(F)F)c4-c3ccc(OCC4(O)CCSCC4)cc3F)ccc21. The number of alkyl halides is 3. The smallest absolute Gasteiger partial charge is 0.417 e. The van der Waals surface area contributed by atoms with Crippen molar-refractivity contribution in [2.45, 2.75) is 69.8 Å². The molecule has 2 atom stereocenters. The van der Waals surface area contributed by atoms with Crippen LogP contribution in [0, 0.1) is 5.82 Å². The predicted octanol–water partition coefficient (Wildman–Crippen LogP) is 8.19. The van der Waals surface area contributed by atoms with Gasteiger partial charge in [0, 0.05) is 34.7 Å².